The molecule has 0 unspecified atom stereocenters. The molecule has 1 fully saturated rings. The zero-order chi connectivity index (χ0) is 19.9. The van der Waals surface area contributed by atoms with Crippen molar-refractivity contribution < 1.29 is 19.1 Å². The molecule has 2 amide bonds. The van der Waals surface area contributed by atoms with Gasteiger partial charge in [-0.1, -0.05) is 19.3 Å². The number of nitrogens with one attached hydrogen (secondary N) is 2. The second-order valence-electron chi connectivity index (χ2n) is 6.76. The Morgan fingerprint density at radius 2 is 1.79 bits per heavy atom. The molecule has 28 heavy (non-hydrogen) atoms. The number of nitrogens with zero attached hydrogens (tertiary/aromatic N) is 1. The van der Waals surface area contributed by atoms with Gasteiger partial charge < -0.3 is 20.1 Å². The largest absolute Gasteiger partial charge is 0.497 e. The third-order valence-electron chi connectivity index (χ3n) is 4.85. The summed E-state index contributed by atoms with van der Waals surface area (Å²) in [6.07, 6.45) is 6.92. The molecule has 1 heterocycles. The summed E-state index contributed by atoms with van der Waals surface area (Å²) < 4.78 is 10.5. The summed E-state index contributed by atoms with van der Waals surface area (Å²) in [4.78, 5) is 29.2. The smallest absolute Gasteiger partial charge is 0.270 e. The van der Waals surface area contributed by atoms with Gasteiger partial charge in [0.25, 0.3) is 11.8 Å². The third kappa shape index (κ3) is 4.79. The van der Waals surface area contributed by atoms with E-state index in [1.54, 1.807) is 31.4 Å². The lowest BCUT2D eigenvalue weighted by Crippen LogP contribution is -2.36. The first-order chi connectivity index (χ1) is 13.6. The highest BCUT2D eigenvalue weighted by Crippen LogP contribution is 2.29. The van der Waals surface area contributed by atoms with Crippen LogP contribution in [0.5, 0.6) is 11.5 Å². The maximum Gasteiger partial charge on any atom is 0.270 e. The molecule has 2 aromatic rings. The van der Waals surface area contributed by atoms with Crippen molar-refractivity contribution in [3.05, 3.63) is 47.8 Å². The van der Waals surface area contributed by atoms with Gasteiger partial charge in [0, 0.05) is 23.9 Å². The van der Waals surface area contributed by atoms with Gasteiger partial charge in [0.05, 0.1) is 19.9 Å². The Hall–Kier alpha value is -3.09. The van der Waals surface area contributed by atoms with Crippen LogP contribution in [-0.4, -0.2) is 37.1 Å². The summed E-state index contributed by atoms with van der Waals surface area (Å²) in [7, 11) is 3.08. The summed E-state index contributed by atoms with van der Waals surface area (Å²) in [6.45, 7) is 0. The van der Waals surface area contributed by atoms with Crippen LogP contribution in [0, 0.1) is 0 Å². The zero-order valence-corrected chi connectivity index (χ0v) is 16.2. The molecule has 7 heteroatoms. The fraction of sp³-hybridized carbons (Fsp3) is 0.381. The fourth-order valence-corrected chi connectivity index (χ4v) is 3.30. The van der Waals surface area contributed by atoms with Gasteiger partial charge >= 0.3 is 0 Å². The zero-order valence-electron chi connectivity index (χ0n) is 16.2. The first-order valence-corrected chi connectivity index (χ1v) is 9.41. The summed E-state index contributed by atoms with van der Waals surface area (Å²) in [6, 6.07) is 8.38. The molecule has 148 valence electrons. The Morgan fingerprint density at radius 1 is 1.00 bits per heavy atom. The molecule has 0 spiro atoms. The number of hydrogen-bond donors (Lipinski definition) is 2. The number of carbonyl (C=O) groups excluding carboxylic acids is 2. The molecule has 0 aliphatic heterocycles. The van der Waals surface area contributed by atoms with Crippen molar-refractivity contribution in [3.8, 4) is 11.5 Å². The Kier molecular flexibility index (Phi) is 6.47. The molecule has 1 aromatic carbocycles. The van der Waals surface area contributed by atoms with Crippen LogP contribution in [0.1, 0.15) is 53.0 Å². The third-order valence-corrected chi connectivity index (χ3v) is 4.85. The van der Waals surface area contributed by atoms with Gasteiger partial charge in [-0.05, 0) is 37.1 Å². The fourth-order valence-electron chi connectivity index (χ4n) is 3.30. The van der Waals surface area contributed by atoms with Crippen molar-refractivity contribution in [2.45, 2.75) is 38.1 Å². The topological polar surface area (TPSA) is 89.5 Å². The van der Waals surface area contributed by atoms with Crippen LogP contribution >= 0.6 is 0 Å². The van der Waals surface area contributed by atoms with Crippen molar-refractivity contribution in [2.75, 3.05) is 19.5 Å². The lowest BCUT2D eigenvalue weighted by molar-refractivity contribution is 0.0922. The van der Waals surface area contributed by atoms with Crippen LogP contribution in [0.4, 0.5) is 5.69 Å². The second-order valence-corrected chi connectivity index (χ2v) is 6.76. The molecular weight excluding hydrogens is 358 g/mol. The number of carbonyl (C=O) groups is 2. The molecule has 1 aliphatic carbocycles. The van der Waals surface area contributed by atoms with Gasteiger partial charge in [0.2, 0.25) is 0 Å². The van der Waals surface area contributed by atoms with E-state index in [0.717, 1.165) is 25.7 Å². The van der Waals surface area contributed by atoms with Gasteiger partial charge in [-0.2, -0.15) is 0 Å². The molecule has 0 saturated heterocycles. The number of methoxy groups -OCH3 is 2. The minimum absolute atomic E-state index is 0.184. The predicted octanol–water partition coefficient (Wildman–Crippen LogP) is 3.41. The Labute approximate surface area is 164 Å². The maximum absolute atomic E-state index is 12.6. The second kappa shape index (κ2) is 9.21. The highest BCUT2D eigenvalue weighted by molar-refractivity contribution is 6.06. The normalized spacial score (nSPS) is 14.2. The Bertz CT molecular complexity index is 847. The molecule has 0 radical (unpaired) electrons. The van der Waals surface area contributed by atoms with Crippen molar-refractivity contribution in [2.24, 2.45) is 0 Å². The number of ether oxygens (including phenoxy) is 2. The first-order valence-electron chi connectivity index (χ1n) is 9.41. The van der Waals surface area contributed by atoms with Gasteiger partial charge in [-0.15, -0.1) is 0 Å². The van der Waals surface area contributed by atoms with Crippen LogP contribution in [0.25, 0.3) is 0 Å². The summed E-state index contributed by atoms with van der Waals surface area (Å²) in [5, 5.41) is 5.81. The van der Waals surface area contributed by atoms with E-state index in [1.807, 2.05) is 0 Å². The quantitative estimate of drug-likeness (QED) is 0.798. The number of pyridine rings is 1. The molecular formula is C21H25N3O4. The van der Waals surface area contributed by atoms with Crippen molar-refractivity contribution >= 4 is 17.5 Å². The molecule has 3 rings (SSSR count). The van der Waals surface area contributed by atoms with E-state index < -0.39 is 0 Å². The summed E-state index contributed by atoms with van der Waals surface area (Å²) in [5.41, 5.74) is 1.10. The van der Waals surface area contributed by atoms with Gasteiger partial charge in [-0.3, -0.25) is 14.6 Å². The highest BCUT2D eigenvalue weighted by Gasteiger charge is 2.19. The Balaban J connectivity index is 1.71. The highest BCUT2D eigenvalue weighted by atomic mass is 16.5. The van der Waals surface area contributed by atoms with Crippen molar-refractivity contribution in [1.82, 2.24) is 10.3 Å². The minimum atomic E-state index is -0.349. The molecule has 1 saturated carbocycles. The lowest BCUT2D eigenvalue weighted by Gasteiger charge is -2.22. The van der Waals surface area contributed by atoms with E-state index in [0.29, 0.717) is 22.7 Å². The van der Waals surface area contributed by atoms with Gasteiger partial charge in [0.1, 0.15) is 17.2 Å². The predicted molar refractivity (Wildman–Crippen MR) is 106 cm³/mol. The molecule has 7 nitrogen and oxygen atoms in total. The number of hydrogen-bond acceptors (Lipinski definition) is 5. The van der Waals surface area contributed by atoms with Crippen LogP contribution in [0.15, 0.2) is 36.5 Å². The number of aromatic nitrogens is 1. The lowest BCUT2D eigenvalue weighted by atomic mass is 9.95. The van der Waals surface area contributed by atoms with E-state index in [9.17, 15) is 9.59 Å². The van der Waals surface area contributed by atoms with E-state index in [2.05, 4.69) is 15.6 Å². The van der Waals surface area contributed by atoms with Gasteiger partial charge in [-0.25, -0.2) is 0 Å². The summed E-state index contributed by atoms with van der Waals surface area (Å²) in [5.74, 6) is 0.513. The van der Waals surface area contributed by atoms with Crippen LogP contribution in [-0.2, 0) is 0 Å². The van der Waals surface area contributed by atoms with Crippen LogP contribution in [0.2, 0.25) is 0 Å². The first kappa shape index (κ1) is 19.7. The van der Waals surface area contributed by atoms with E-state index in [-0.39, 0.29) is 23.6 Å². The standard InChI is InChI=1S/C21H25N3O4/c1-27-16-8-9-17(19(13-16)28-2)24-20(25)14-10-11-22-18(12-14)21(26)23-15-6-4-3-5-7-15/h8-13,15H,3-7H2,1-2H3,(H,23,26)(H,24,25). The van der Waals surface area contributed by atoms with Crippen LogP contribution in [0.3, 0.4) is 0 Å². The van der Waals surface area contributed by atoms with Crippen molar-refractivity contribution in [3.63, 3.8) is 0 Å². The molecule has 1 aliphatic rings. The maximum atomic E-state index is 12.6. The molecule has 0 atom stereocenters. The van der Waals surface area contributed by atoms with Gasteiger partial charge in [0.15, 0.2) is 0 Å². The van der Waals surface area contributed by atoms with Crippen molar-refractivity contribution in [1.29, 1.82) is 0 Å². The molecule has 2 N–H and O–H groups in total. The number of benzene rings is 1. The van der Waals surface area contributed by atoms with Crippen LogP contribution < -0.4 is 20.1 Å². The number of amides is 2. The Morgan fingerprint density at radius 3 is 2.50 bits per heavy atom. The number of rotatable bonds is 6. The van der Waals surface area contributed by atoms with E-state index in [4.69, 9.17) is 9.47 Å². The molecule has 1 aromatic heterocycles. The van der Waals surface area contributed by atoms with E-state index >= 15 is 0 Å². The SMILES string of the molecule is COc1ccc(NC(=O)c2ccnc(C(=O)NC3CCCCC3)c2)c(OC)c1. The average molecular weight is 383 g/mol. The molecule has 0 bridgehead atoms. The number of anilines is 1. The summed E-state index contributed by atoms with van der Waals surface area (Å²) >= 11 is 0. The minimum Gasteiger partial charge on any atom is -0.497 e. The average Bonchev–Trinajstić information content (AvgIpc) is 2.74. The van der Waals surface area contributed by atoms with E-state index in [1.165, 1.54) is 25.8 Å². The monoisotopic (exact) mass is 383 g/mol.